The Morgan fingerprint density at radius 2 is 1.92 bits per heavy atom. The lowest BCUT2D eigenvalue weighted by Gasteiger charge is -2.18. The third-order valence-electron chi connectivity index (χ3n) is 4.00. The number of halogens is 2. The first-order valence-corrected chi connectivity index (χ1v) is 7.96. The fraction of sp³-hybridized carbons (Fsp3) is 0.316. The molecule has 1 atom stereocenters. The molecule has 0 unspecified atom stereocenters. The molecule has 2 rings (SSSR count). The summed E-state index contributed by atoms with van der Waals surface area (Å²) in [7, 11) is 0. The van der Waals surface area contributed by atoms with Crippen molar-refractivity contribution in [3.63, 3.8) is 0 Å². The molecule has 3 N–H and O–H groups in total. The van der Waals surface area contributed by atoms with Crippen molar-refractivity contribution in [3.05, 3.63) is 52.6 Å². The molecule has 0 spiro atoms. The highest BCUT2D eigenvalue weighted by Gasteiger charge is 2.26. The third-order valence-corrected chi connectivity index (χ3v) is 4.00. The molecule has 0 heterocycles. The Balaban J connectivity index is 2.59. The molecule has 0 fully saturated rings. The monoisotopic (exact) mass is 349 g/mol. The predicted molar refractivity (Wildman–Crippen MR) is 91.1 cm³/mol. The number of phenols is 1. The number of hydrogen-bond acceptors (Lipinski definition) is 4. The molecule has 0 aliphatic rings. The van der Waals surface area contributed by atoms with Crippen molar-refractivity contribution in [3.8, 4) is 16.9 Å². The molecule has 25 heavy (non-hydrogen) atoms. The van der Waals surface area contributed by atoms with Gasteiger partial charge in [0, 0.05) is 22.7 Å². The highest BCUT2D eigenvalue weighted by Crippen LogP contribution is 2.38. The van der Waals surface area contributed by atoms with Crippen LogP contribution in [0.2, 0.25) is 0 Å². The number of hydrogen-bond donors (Lipinski definition) is 2. The van der Waals surface area contributed by atoms with E-state index in [0.29, 0.717) is 5.56 Å². The number of phenolic OH excluding ortho intramolecular Hbond substituents is 1. The molecule has 0 aliphatic carbocycles. The van der Waals surface area contributed by atoms with Gasteiger partial charge >= 0.3 is 5.97 Å². The van der Waals surface area contributed by atoms with Crippen LogP contribution in [-0.4, -0.2) is 17.7 Å². The number of ether oxygens (including phenoxy) is 1. The zero-order chi connectivity index (χ0) is 18.7. The van der Waals surface area contributed by atoms with Gasteiger partial charge in [0.2, 0.25) is 0 Å². The quantitative estimate of drug-likeness (QED) is 0.803. The lowest BCUT2D eigenvalue weighted by Crippen LogP contribution is -2.20. The van der Waals surface area contributed by atoms with Crippen LogP contribution in [0, 0.1) is 25.5 Å². The van der Waals surface area contributed by atoms with Gasteiger partial charge in [0.15, 0.2) is 0 Å². The summed E-state index contributed by atoms with van der Waals surface area (Å²) in [6, 6.07) is 4.91. The highest BCUT2D eigenvalue weighted by atomic mass is 19.1. The normalized spacial score (nSPS) is 12.1. The first-order valence-electron chi connectivity index (χ1n) is 7.96. The third kappa shape index (κ3) is 3.79. The maximum Gasteiger partial charge on any atom is 0.307 e. The average Bonchev–Trinajstić information content (AvgIpc) is 2.52. The van der Waals surface area contributed by atoms with Gasteiger partial charge in [-0.3, -0.25) is 4.79 Å². The Kier molecular flexibility index (Phi) is 5.74. The molecular weight excluding hydrogens is 328 g/mol. The maximum atomic E-state index is 15.1. The Labute approximate surface area is 145 Å². The molecule has 4 nitrogen and oxygen atoms in total. The van der Waals surface area contributed by atoms with E-state index in [1.165, 1.54) is 19.1 Å². The van der Waals surface area contributed by atoms with Gasteiger partial charge in [0.25, 0.3) is 0 Å². The Morgan fingerprint density at radius 1 is 1.24 bits per heavy atom. The Morgan fingerprint density at radius 3 is 2.52 bits per heavy atom. The van der Waals surface area contributed by atoms with Crippen molar-refractivity contribution in [2.24, 2.45) is 5.73 Å². The van der Waals surface area contributed by atoms with Crippen LogP contribution in [0.5, 0.6) is 5.75 Å². The van der Waals surface area contributed by atoms with E-state index in [-0.39, 0.29) is 41.0 Å². The van der Waals surface area contributed by atoms with Gasteiger partial charge < -0.3 is 15.6 Å². The fourth-order valence-corrected chi connectivity index (χ4v) is 2.81. The lowest BCUT2D eigenvalue weighted by molar-refractivity contribution is -0.143. The number of carbonyl (C=O) groups is 1. The molecule has 0 aromatic heterocycles. The second-order valence-corrected chi connectivity index (χ2v) is 5.87. The first-order chi connectivity index (χ1) is 11.8. The molecule has 0 radical (unpaired) electrons. The molecule has 2 aromatic rings. The molecule has 2 aromatic carbocycles. The summed E-state index contributed by atoms with van der Waals surface area (Å²) in [5.74, 6) is -2.43. The van der Waals surface area contributed by atoms with Crippen LogP contribution < -0.4 is 5.73 Å². The Bertz CT molecular complexity index is 785. The zero-order valence-electron chi connectivity index (χ0n) is 14.4. The summed E-state index contributed by atoms with van der Waals surface area (Å²) in [6.07, 6.45) is -0.343. The number of aryl methyl sites for hydroxylation is 2. The van der Waals surface area contributed by atoms with E-state index in [4.69, 9.17) is 10.5 Å². The van der Waals surface area contributed by atoms with Crippen molar-refractivity contribution in [1.82, 2.24) is 0 Å². The van der Waals surface area contributed by atoms with Crippen molar-refractivity contribution in [1.29, 1.82) is 0 Å². The smallest absolute Gasteiger partial charge is 0.307 e. The van der Waals surface area contributed by atoms with Crippen LogP contribution in [-0.2, 0) is 9.53 Å². The number of benzene rings is 2. The van der Waals surface area contributed by atoms with E-state index in [9.17, 15) is 14.3 Å². The number of rotatable bonds is 5. The molecular formula is C19H21F2NO3. The number of esters is 1. The molecule has 0 saturated heterocycles. The summed E-state index contributed by atoms with van der Waals surface area (Å²) in [5, 5.41) is 10.1. The van der Waals surface area contributed by atoms with E-state index in [1.807, 2.05) is 0 Å². The van der Waals surface area contributed by atoms with Crippen LogP contribution in [0.15, 0.2) is 24.3 Å². The summed E-state index contributed by atoms with van der Waals surface area (Å²) in [4.78, 5) is 11.6. The van der Waals surface area contributed by atoms with Crippen LogP contribution in [0.3, 0.4) is 0 Å². The summed E-state index contributed by atoms with van der Waals surface area (Å²) in [6.45, 7) is 4.99. The van der Waals surface area contributed by atoms with Gasteiger partial charge in [-0.2, -0.15) is 0 Å². The van der Waals surface area contributed by atoms with E-state index >= 15 is 4.39 Å². The minimum Gasteiger partial charge on any atom is -0.507 e. The van der Waals surface area contributed by atoms with E-state index in [1.54, 1.807) is 26.0 Å². The second-order valence-electron chi connectivity index (χ2n) is 5.87. The average molecular weight is 349 g/mol. The van der Waals surface area contributed by atoms with Crippen LogP contribution in [0.1, 0.15) is 36.1 Å². The minimum atomic E-state index is -1.19. The molecule has 0 aliphatic heterocycles. The van der Waals surface area contributed by atoms with Gasteiger partial charge in [0.05, 0.1) is 13.0 Å². The molecule has 0 bridgehead atoms. The van der Waals surface area contributed by atoms with E-state index in [2.05, 4.69) is 0 Å². The van der Waals surface area contributed by atoms with Gasteiger partial charge in [0.1, 0.15) is 17.4 Å². The molecule has 134 valence electrons. The van der Waals surface area contributed by atoms with Crippen LogP contribution in [0.4, 0.5) is 8.78 Å². The summed E-state index contributed by atoms with van der Waals surface area (Å²) < 4.78 is 34.4. The number of aromatic hydroxyl groups is 1. The summed E-state index contributed by atoms with van der Waals surface area (Å²) >= 11 is 0. The standard InChI is InChI=1S/C19H21F2NO3/c1-4-25-15(24)9-13(22)17-18(20)11(3)8-12(19(17)21)16-10(2)6-5-7-14(16)23/h5-8,13,23H,4,9,22H2,1-3H3/t13-/m0/s1. The molecule has 0 saturated carbocycles. The topological polar surface area (TPSA) is 72.5 Å². The van der Waals surface area contributed by atoms with Gasteiger partial charge in [-0.25, -0.2) is 8.78 Å². The lowest BCUT2D eigenvalue weighted by atomic mass is 9.91. The van der Waals surface area contributed by atoms with Gasteiger partial charge in [-0.1, -0.05) is 12.1 Å². The summed E-state index contributed by atoms with van der Waals surface area (Å²) in [5.41, 5.74) is 6.62. The largest absolute Gasteiger partial charge is 0.507 e. The fourth-order valence-electron chi connectivity index (χ4n) is 2.81. The van der Waals surface area contributed by atoms with E-state index < -0.39 is 23.6 Å². The van der Waals surface area contributed by atoms with Crippen LogP contribution >= 0.6 is 0 Å². The maximum absolute atomic E-state index is 15.1. The van der Waals surface area contributed by atoms with Crippen molar-refractivity contribution in [2.75, 3.05) is 6.61 Å². The number of carbonyl (C=O) groups excluding carboxylic acids is 1. The zero-order valence-corrected chi connectivity index (χ0v) is 14.4. The predicted octanol–water partition coefficient (Wildman–Crippen LogP) is 3.91. The first kappa shape index (κ1) is 18.9. The SMILES string of the molecule is CCOC(=O)C[C@H](N)c1c(F)c(C)cc(-c2c(C)cccc2O)c1F. The second kappa shape index (κ2) is 7.61. The molecule has 0 amide bonds. The number of nitrogens with two attached hydrogens (primary N) is 1. The van der Waals surface area contributed by atoms with Crippen LogP contribution in [0.25, 0.3) is 11.1 Å². The Hall–Kier alpha value is -2.47. The molecule has 6 heteroatoms. The van der Waals surface area contributed by atoms with Gasteiger partial charge in [-0.05, 0) is 44.0 Å². The van der Waals surface area contributed by atoms with Crippen molar-refractivity contribution < 1.29 is 23.4 Å². The van der Waals surface area contributed by atoms with Crippen molar-refractivity contribution >= 4 is 5.97 Å². The minimum absolute atomic E-state index is 0.0452. The van der Waals surface area contributed by atoms with Crippen molar-refractivity contribution in [2.45, 2.75) is 33.2 Å². The van der Waals surface area contributed by atoms with E-state index in [0.717, 1.165) is 0 Å². The highest BCUT2D eigenvalue weighted by molar-refractivity contribution is 5.76. The van der Waals surface area contributed by atoms with Gasteiger partial charge in [-0.15, -0.1) is 0 Å².